The minimum Gasteiger partial charge on any atom is -0.492 e. The van der Waals surface area contributed by atoms with Crippen LogP contribution in [-0.2, 0) is 13.2 Å². The fourth-order valence-electron chi connectivity index (χ4n) is 3.16. The van der Waals surface area contributed by atoms with E-state index in [-0.39, 0.29) is 5.69 Å². The van der Waals surface area contributed by atoms with Gasteiger partial charge >= 0.3 is 5.69 Å². The highest BCUT2D eigenvalue weighted by atomic mass is 16.5. The van der Waals surface area contributed by atoms with E-state index in [0.29, 0.717) is 25.6 Å². The SMILES string of the molecule is Cc1nn(CCOc2ccccc2)c(=O)n1-c1ccc(OCc2ccccc2)cc1. The molecule has 3 aromatic carbocycles. The van der Waals surface area contributed by atoms with Gasteiger partial charge in [-0.05, 0) is 48.9 Å². The Balaban J connectivity index is 1.41. The summed E-state index contributed by atoms with van der Waals surface area (Å²) in [6, 6.07) is 27.0. The minimum absolute atomic E-state index is 0.192. The lowest BCUT2D eigenvalue weighted by atomic mass is 10.2. The second-order valence-corrected chi connectivity index (χ2v) is 6.82. The fourth-order valence-corrected chi connectivity index (χ4v) is 3.16. The van der Waals surface area contributed by atoms with E-state index in [4.69, 9.17) is 9.47 Å². The smallest absolute Gasteiger partial charge is 0.350 e. The summed E-state index contributed by atoms with van der Waals surface area (Å²) in [4.78, 5) is 12.8. The van der Waals surface area contributed by atoms with Gasteiger partial charge in [0.1, 0.15) is 30.5 Å². The molecule has 4 rings (SSSR count). The number of para-hydroxylation sites is 1. The second-order valence-electron chi connectivity index (χ2n) is 6.82. The summed E-state index contributed by atoms with van der Waals surface area (Å²) < 4.78 is 14.5. The number of nitrogens with zero attached hydrogens (tertiary/aromatic N) is 3. The molecule has 0 saturated heterocycles. The fraction of sp³-hybridized carbons (Fsp3) is 0.167. The number of benzene rings is 3. The maximum absolute atomic E-state index is 12.8. The highest BCUT2D eigenvalue weighted by Gasteiger charge is 2.12. The van der Waals surface area contributed by atoms with Gasteiger partial charge in [-0.15, -0.1) is 0 Å². The van der Waals surface area contributed by atoms with Gasteiger partial charge in [-0.3, -0.25) is 0 Å². The summed E-state index contributed by atoms with van der Waals surface area (Å²) in [6.45, 7) is 3.06. The van der Waals surface area contributed by atoms with Crippen LogP contribution in [0.1, 0.15) is 11.4 Å². The van der Waals surface area contributed by atoms with Crippen LogP contribution in [0.3, 0.4) is 0 Å². The summed E-state index contributed by atoms with van der Waals surface area (Å²) >= 11 is 0. The Hall–Kier alpha value is -3.80. The summed E-state index contributed by atoms with van der Waals surface area (Å²) in [6.07, 6.45) is 0. The van der Waals surface area contributed by atoms with Crippen LogP contribution < -0.4 is 15.2 Å². The van der Waals surface area contributed by atoms with Crippen molar-refractivity contribution in [3.05, 3.63) is 107 Å². The standard InChI is InChI=1S/C24H23N3O3/c1-19-25-26(16-17-29-22-10-6-3-7-11-22)24(28)27(19)21-12-14-23(15-13-21)30-18-20-8-4-2-5-9-20/h2-15H,16-18H2,1H3. The van der Waals surface area contributed by atoms with Crippen molar-refractivity contribution < 1.29 is 9.47 Å². The zero-order valence-corrected chi connectivity index (χ0v) is 16.8. The van der Waals surface area contributed by atoms with E-state index in [0.717, 1.165) is 22.7 Å². The van der Waals surface area contributed by atoms with Crippen molar-refractivity contribution in [3.63, 3.8) is 0 Å². The molecule has 0 N–H and O–H groups in total. The van der Waals surface area contributed by atoms with E-state index in [1.54, 1.807) is 4.57 Å². The number of hydrogen-bond donors (Lipinski definition) is 0. The molecule has 0 unspecified atom stereocenters. The molecule has 0 amide bonds. The monoisotopic (exact) mass is 401 g/mol. The Morgan fingerprint density at radius 3 is 2.13 bits per heavy atom. The predicted octanol–water partition coefficient (Wildman–Crippen LogP) is 4.00. The molecule has 0 bridgehead atoms. The lowest BCUT2D eigenvalue weighted by Gasteiger charge is -2.08. The Morgan fingerprint density at radius 1 is 0.800 bits per heavy atom. The van der Waals surface area contributed by atoms with Crippen LogP contribution in [0.25, 0.3) is 5.69 Å². The van der Waals surface area contributed by atoms with Gasteiger partial charge in [-0.2, -0.15) is 5.10 Å². The van der Waals surface area contributed by atoms with Gasteiger partial charge in [0.2, 0.25) is 0 Å². The summed E-state index contributed by atoms with van der Waals surface area (Å²) in [5.74, 6) is 2.14. The average Bonchev–Trinajstić information content (AvgIpc) is 3.07. The number of ether oxygens (including phenoxy) is 2. The quantitative estimate of drug-likeness (QED) is 0.448. The first kappa shape index (κ1) is 19.5. The molecule has 0 aliphatic carbocycles. The molecule has 4 aromatic rings. The Kier molecular flexibility index (Phi) is 5.94. The largest absolute Gasteiger partial charge is 0.492 e. The molecule has 0 aliphatic heterocycles. The highest BCUT2D eigenvalue weighted by molar-refractivity contribution is 5.38. The molecule has 1 aromatic heterocycles. The van der Waals surface area contributed by atoms with Gasteiger partial charge in [0, 0.05) is 0 Å². The predicted molar refractivity (Wildman–Crippen MR) is 115 cm³/mol. The van der Waals surface area contributed by atoms with Crippen LogP contribution in [0.15, 0.2) is 89.7 Å². The molecule has 0 aliphatic rings. The van der Waals surface area contributed by atoms with E-state index in [1.807, 2.05) is 91.9 Å². The zero-order chi connectivity index (χ0) is 20.8. The van der Waals surface area contributed by atoms with Crippen molar-refractivity contribution in [2.75, 3.05) is 6.61 Å². The third-order valence-electron chi connectivity index (χ3n) is 4.66. The molecule has 0 atom stereocenters. The summed E-state index contributed by atoms with van der Waals surface area (Å²) in [5.41, 5.74) is 1.66. The van der Waals surface area contributed by atoms with E-state index in [2.05, 4.69) is 5.10 Å². The van der Waals surface area contributed by atoms with Gasteiger partial charge in [0.25, 0.3) is 0 Å². The van der Waals surface area contributed by atoms with Crippen LogP contribution in [0.4, 0.5) is 0 Å². The maximum atomic E-state index is 12.8. The topological polar surface area (TPSA) is 58.3 Å². The van der Waals surface area contributed by atoms with Crippen LogP contribution in [0, 0.1) is 6.92 Å². The minimum atomic E-state index is -0.192. The van der Waals surface area contributed by atoms with E-state index < -0.39 is 0 Å². The first-order valence-electron chi connectivity index (χ1n) is 9.82. The van der Waals surface area contributed by atoms with Gasteiger partial charge in [0.05, 0.1) is 12.2 Å². The number of aromatic nitrogens is 3. The number of aryl methyl sites for hydroxylation is 1. The molecule has 152 valence electrons. The number of rotatable bonds is 8. The van der Waals surface area contributed by atoms with Crippen LogP contribution in [0.2, 0.25) is 0 Å². The third kappa shape index (κ3) is 4.60. The van der Waals surface area contributed by atoms with Crippen LogP contribution in [0.5, 0.6) is 11.5 Å². The molecule has 30 heavy (non-hydrogen) atoms. The Morgan fingerprint density at radius 2 is 1.43 bits per heavy atom. The van der Waals surface area contributed by atoms with Crippen molar-refractivity contribution in [3.8, 4) is 17.2 Å². The molecular formula is C24H23N3O3. The first-order valence-corrected chi connectivity index (χ1v) is 9.82. The first-order chi connectivity index (χ1) is 14.7. The molecular weight excluding hydrogens is 378 g/mol. The second kappa shape index (κ2) is 9.13. The van der Waals surface area contributed by atoms with Gasteiger partial charge in [-0.25, -0.2) is 14.0 Å². The van der Waals surface area contributed by atoms with Crippen molar-refractivity contribution in [1.29, 1.82) is 0 Å². The summed E-state index contributed by atoms with van der Waals surface area (Å²) in [7, 11) is 0. The molecule has 0 fully saturated rings. The lowest BCUT2D eigenvalue weighted by Crippen LogP contribution is -2.26. The molecule has 6 heteroatoms. The third-order valence-corrected chi connectivity index (χ3v) is 4.66. The van der Waals surface area contributed by atoms with Crippen molar-refractivity contribution in [2.24, 2.45) is 0 Å². The van der Waals surface area contributed by atoms with E-state index in [9.17, 15) is 4.79 Å². The average molecular weight is 401 g/mol. The van der Waals surface area contributed by atoms with Crippen LogP contribution in [-0.4, -0.2) is 21.0 Å². The Bertz CT molecular complexity index is 1130. The number of hydrogen-bond acceptors (Lipinski definition) is 4. The van der Waals surface area contributed by atoms with Crippen LogP contribution >= 0.6 is 0 Å². The van der Waals surface area contributed by atoms with Gasteiger partial charge < -0.3 is 9.47 Å². The molecule has 6 nitrogen and oxygen atoms in total. The maximum Gasteiger partial charge on any atom is 0.350 e. The summed E-state index contributed by atoms with van der Waals surface area (Å²) in [5, 5.41) is 4.37. The van der Waals surface area contributed by atoms with Crippen molar-refractivity contribution in [2.45, 2.75) is 20.1 Å². The molecule has 0 saturated carbocycles. The van der Waals surface area contributed by atoms with Crippen molar-refractivity contribution >= 4 is 0 Å². The van der Waals surface area contributed by atoms with Gasteiger partial charge in [-0.1, -0.05) is 48.5 Å². The highest BCUT2D eigenvalue weighted by Crippen LogP contribution is 2.17. The van der Waals surface area contributed by atoms with E-state index >= 15 is 0 Å². The van der Waals surface area contributed by atoms with Crippen molar-refractivity contribution in [1.82, 2.24) is 14.3 Å². The Labute approximate surface area is 174 Å². The molecule has 1 heterocycles. The van der Waals surface area contributed by atoms with E-state index in [1.165, 1.54) is 4.68 Å². The molecule has 0 radical (unpaired) electrons. The zero-order valence-electron chi connectivity index (χ0n) is 16.8. The lowest BCUT2D eigenvalue weighted by molar-refractivity contribution is 0.288. The molecule has 0 spiro atoms. The van der Waals surface area contributed by atoms with Gasteiger partial charge in [0.15, 0.2) is 0 Å². The normalized spacial score (nSPS) is 10.7.